The SMILES string of the molecule is CCCc1cc(C=O)nn1C(C)C. The lowest BCUT2D eigenvalue weighted by Gasteiger charge is -2.09. The molecule has 0 fully saturated rings. The maximum atomic E-state index is 10.5. The van der Waals surface area contributed by atoms with Crippen LogP contribution in [0.5, 0.6) is 0 Å². The molecule has 0 saturated heterocycles. The number of hydrogen-bond donors (Lipinski definition) is 0. The van der Waals surface area contributed by atoms with Crippen LogP contribution in [0, 0.1) is 0 Å². The summed E-state index contributed by atoms with van der Waals surface area (Å²) in [5, 5.41) is 4.20. The van der Waals surface area contributed by atoms with Crippen LogP contribution in [-0.2, 0) is 6.42 Å². The molecule has 0 aliphatic carbocycles. The Morgan fingerprint density at radius 1 is 1.62 bits per heavy atom. The van der Waals surface area contributed by atoms with Crippen LogP contribution in [0.4, 0.5) is 0 Å². The Balaban J connectivity index is 2.99. The molecule has 0 aliphatic rings. The number of carbonyl (C=O) groups is 1. The van der Waals surface area contributed by atoms with Crippen LogP contribution in [0.3, 0.4) is 0 Å². The highest BCUT2D eigenvalue weighted by Crippen LogP contribution is 2.11. The minimum absolute atomic E-state index is 0.329. The van der Waals surface area contributed by atoms with Gasteiger partial charge in [0.1, 0.15) is 5.69 Å². The van der Waals surface area contributed by atoms with E-state index in [0.29, 0.717) is 11.7 Å². The molecule has 0 saturated carbocycles. The first-order chi connectivity index (χ1) is 6.19. The van der Waals surface area contributed by atoms with Crippen molar-refractivity contribution in [1.82, 2.24) is 9.78 Å². The van der Waals surface area contributed by atoms with Crippen LogP contribution in [0.15, 0.2) is 6.07 Å². The Morgan fingerprint density at radius 2 is 2.31 bits per heavy atom. The van der Waals surface area contributed by atoms with E-state index in [-0.39, 0.29) is 0 Å². The second kappa shape index (κ2) is 4.21. The van der Waals surface area contributed by atoms with Gasteiger partial charge in [0.25, 0.3) is 0 Å². The molecule has 1 aromatic heterocycles. The summed E-state index contributed by atoms with van der Waals surface area (Å²) in [6, 6.07) is 2.20. The lowest BCUT2D eigenvalue weighted by molar-refractivity contribution is 0.111. The number of hydrogen-bond acceptors (Lipinski definition) is 2. The van der Waals surface area contributed by atoms with Crippen LogP contribution in [0.25, 0.3) is 0 Å². The number of aromatic nitrogens is 2. The van der Waals surface area contributed by atoms with E-state index in [2.05, 4.69) is 25.9 Å². The third-order valence-electron chi connectivity index (χ3n) is 1.95. The van der Waals surface area contributed by atoms with Gasteiger partial charge in [-0.3, -0.25) is 9.48 Å². The highest BCUT2D eigenvalue weighted by Gasteiger charge is 2.08. The molecule has 0 aliphatic heterocycles. The predicted octanol–water partition coefficient (Wildman–Crippen LogP) is 2.23. The monoisotopic (exact) mass is 180 g/mol. The topological polar surface area (TPSA) is 34.9 Å². The largest absolute Gasteiger partial charge is 0.296 e. The molecule has 1 aromatic rings. The van der Waals surface area contributed by atoms with E-state index in [1.807, 2.05) is 10.7 Å². The molecule has 0 spiro atoms. The Hall–Kier alpha value is -1.12. The minimum atomic E-state index is 0.329. The van der Waals surface area contributed by atoms with Crippen LogP contribution >= 0.6 is 0 Å². The van der Waals surface area contributed by atoms with E-state index in [4.69, 9.17) is 0 Å². The first-order valence-electron chi connectivity index (χ1n) is 4.72. The van der Waals surface area contributed by atoms with E-state index in [9.17, 15) is 4.79 Å². The summed E-state index contributed by atoms with van der Waals surface area (Å²) < 4.78 is 1.92. The summed E-state index contributed by atoms with van der Waals surface area (Å²) in [4.78, 5) is 10.5. The third kappa shape index (κ3) is 2.17. The van der Waals surface area contributed by atoms with Gasteiger partial charge in [0, 0.05) is 11.7 Å². The maximum Gasteiger partial charge on any atom is 0.170 e. The average Bonchev–Trinajstić information content (AvgIpc) is 2.48. The zero-order chi connectivity index (χ0) is 9.84. The first kappa shape index (κ1) is 9.96. The molecule has 13 heavy (non-hydrogen) atoms. The van der Waals surface area contributed by atoms with Crippen molar-refractivity contribution in [3.63, 3.8) is 0 Å². The van der Waals surface area contributed by atoms with E-state index in [0.717, 1.165) is 24.8 Å². The molecule has 0 N–H and O–H groups in total. The fourth-order valence-electron chi connectivity index (χ4n) is 1.40. The van der Waals surface area contributed by atoms with Crippen molar-refractivity contribution in [2.24, 2.45) is 0 Å². The number of carbonyl (C=O) groups excluding carboxylic acids is 1. The van der Waals surface area contributed by atoms with E-state index in [1.165, 1.54) is 0 Å². The molecule has 3 nitrogen and oxygen atoms in total. The van der Waals surface area contributed by atoms with Crippen molar-refractivity contribution in [2.45, 2.75) is 39.7 Å². The van der Waals surface area contributed by atoms with Gasteiger partial charge in [-0.05, 0) is 26.3 Å². The van der Waals surface area contributed by atoms with Crippen LogP contribution < -0.4 is 0 Å². The molecule has 1 heterocycles. The highest BCUT2D eigenvalue weighted by molar-refractivity contribution is 5.71. The van der Waals surface area contributed by atoms with Crippen molar-refractivity contribution >= 4 is 6.29 Å². The molecule has 0 radical (unpaired) electrons. The fraction of sp³-hybridized carbons (Fsp3) is 0.600. The minimum Gasteiger partial charge on any atom is -0.296 e. The smallest absolute Gasteiger partial charge is 0.170 e. The number of aryl methyl sites for hydroxylation is 1. The van der Waals surface area contributed by atoms with Gasteiger partial charge >= 0.3 is 0 Å². The van der Waals surface area contributed by atoms with Crippen molar-refractivity contribution in [3.05, 3.63) is 17.5 Å². The van der Waals surface area contributed by atoms with Gasteiger partial charge in [-0.15, -0.1) is 0 Å². The van der Waals surface area contributed by atoms with Gasteiger partial charge in [-0.2, -0.15) is 5.10 Å². The molecular formula is C10H16N2O. The summed E-state index contributed by atoms with van der Waals surface area (Å²) in [7, 11) is 0. The number of aldehydes is 1. The van der Waals surface area contributed by atoms with Gasteiger partial charge in [-0.1, -0.05) is 13.3 Å². The van der Waals surface area contributed by atoms with Crippen LogP contribution in [0.1, 0.15) is 49.4 Å². The van der Waals surface area contributed by atoms with E-state index in [1.54, 1.807) is 0 Å². The molecule has 3 heteroatoms. The molecular weight excluding hydrogens is 164 g/mol. The standard InChI is InChI=1S/C10H16N2O/c1-4-5-10-6-9(7-13)11-12(10)8(2)3/h6-8H,4-5H2,1-3H3. The second-order valence-electron chi connectivity index (χ2n) is 3.47. The second-order valence-corrected chi connectivity index (χ2v) is 3.47. The quantitative estimate of drug-likeness (QED) is 0.666. The number of nitrogens with zero attached hydrogens (tertiary/aromatic N) is 2. The maximum absolute atomic E-state index is 10.5. The predicted molar refractivity (Wildman–Crippen MR) is 52.0 cm³/mol. The fourth-order valence-corrected chi connectivity index (χ4v) is 1.40. The Kier molecular flexibility index (Phi) is 3.23. The number of rotatable bonds is 4. The normalized spacial score (nSPS) is 10.8. The zero-order valence-electron chi connectivity index (χ0n) is 8.45. The molecule has 0 aromatic carbocycles. The van der Waals surface area contributed by atoms with Gasteiger partial charge < -0.3 is 0 Å². The van der Waals surface area contributed by atoms with E-state index >= 15 is 0 Å². The summed E-state index contributed by atoms with van der Waals surface area (Å²) in [5.41, 5.74) is 1.69. The van der Waals surface area contributed by atoms with E-state index < -0.39 is 0 Å². The molecule has 0 unspecified atom stereocenters. The molecule has 1 rings (SSSR count). The summed E-state index contributed by atoms with van der Waals surface area (Å²) in [6.07, 6.45) is 2.87. The first-order valence-corrected chi connectivity index (χ1v) is 4.72. The summed E-state index contributed by atoms with van der Waals surface area (Å²) >= 11 is 0. The van der Waals surface area contributed by atoms with Crippen LogP contribution in [-0.4, -0.2) is 16.1 Å². The van der Waals surface area contributed by atoms with Gasteiger partial charge in [0.15, 0.2) is 6.29 Å². The van der Waals surface area contributed by atoms with Crippen molar-refractivity contribution < 1.29 is 4.79 Å². The Morgan fingerprint density at radius 3 is 2.77 bits per heavy atom. The Labute approximate surface area is 78.8 Å². The van der Waals surface area contributed by atoms with Crippen molar-refractivity contribution in [1.29, 1.82) is 0 Å². The van der Waals surface area contributed by atoms with Gasteiger partial charge in [-0.25, -0.2) is 0 Å². The summed E-state index contributed by atoms with van der Waals surface area (Å²) in [6.45, 7) is 6.26. The molecule has 72 valence electrons. The lowest BCUT2D eigenvalue weighted by Crippen LogP contribution is -2.07. The average molecular weight is 180 g/mol. The van der Waals surface area contributed by atoms with Gasteiger partial charge in [0.05, 0.1) is 0 Å². The molecule has 0 amide bonds. The van der Waals surface area contributed by atoms with Crippen molar-refractivity contribution in [3.8, 4) is 0 Å². The van der Waals surface area contributed by atoms with Crippen molar-refractivity contribution in [2.75, 3.05) is 0 Å². The third-order valence-corrected chi connectivity index (χ3v) is 1.95. The lowest BCUT2D eigenvalue weighted by atomic mass is 10.2. The highest BCUT2D eigenvalue weighted by atomic mass is 16.1. The zero-order valence-corrected chi connectivity index (χ0v) is 8.45. The van der Waals surface area contributed by atoms with Gasteiger partial charge in [0.2, 0.25) is 0 Å². The summed E-state index contributed by atoms with van der Waals surface area (Å²) in [5.74, 6) is 0. The van der Waals surface area contributed by atoms with Crippen LogP contribution in [0.2, 0.25) is 0 Å². The molecule has 0 atom stereocenters. The molecule has 0 bridgehead atoms. The Bertz CT molecular complexity index is 289.